The Morgan fingerprint density at radius 3 is 2.82 bits per heavy atom. The summed E-state index contributed by atoms with van der Waals surface area (Å²) in [5.74, 6) is 0.704. The fourth-order valence-electron chi connectivity index (χ4n) is 2.44. The molecule has 1 heterocycles. The number of rotatable bonds is 7. The molecule has 1 saturated heterocycles. The van der Waals surface area contributed by atoms with Gasteiger partial charge in [0.15, 0.2) is 0 Å². The quantitative estimate of drug-likeness (QED) is 0.707. The zero-order valence-corrected chi connectivity index (χ0v) is 11.1. The third-order valence-corrected chi connectivity index (χ3v) is 3.55. The van der Waals surface area contributed by atoms with Gasteiger partial charge in [-0.15, -0.1) is 0 Å². The molecule has 1 rings (SSSR count). The molecule has 0 bridgehead atoms. The second kappa shape index (κ2) is 7.67. The standard InChI is InChI=1S/C13H26N2O2/c1-3-4-11(5-7-14)9-15-13(16)12-6-8-17-10(12)2/h10-12H,3-9,14H2,1-2H3,(H,15,16). The van der Waals surface area contributed by atoms with Crippen molar-refractivity contribution >= 4 is 5.91 Å². The minimum absolute atomic E-state index is 0.0372. The van der Waals surface area contributed by atoms with Crippen LogP contribution in [-0.2, 0) is 9.53 Å². The first-order chi connectivity index (χ1) is 8.19. The van der Waals surface area contributed by atoms with Gasteiger partial charge in [0.05, 0.1) is 12.0 Å². The molecular weight excluding hydrogens is 216 g/mol. The van der Waals surface area contributed by atoms with Crippen molar-refractivity contribution in [1.82, 2.24) is 5.32 Å². The van der Waals surface area contributed by atoms with E-state index >= 15 is 0 Å². The van der Waals surface area contributed by atoms with Crippen LogP contribution in [0.3, 0.4) is 0 Å². The molecule has 100 valence electrons. The third-order valence-electron chi connectivity index (χ3n) is 3.55. The highest BCUT2D eigenvalue weighted by Crippen LogP contribution is 2.20. The molecule has 0 aromatic heterocycles. The predicted molar refractivity (Wildman–Crippen MR) is 68.6 cm³/mol. The first-order valence-corrected chi connectivity index (χ1v) is 6.78. The summed E-state index contributed by atoms with van der Waals surface area (Å²) in [6.45, 7) is 6.30. The van der Waals surface area contributed by atoms with Crippen LogP contribution < -0.4 is 11.1 Å². The van der Waals surface area contributed by atoms with E-state index in [-0.39, 0.29) is 17.9 Å². The topological polar surface area (TPSA) is 64.3 Å². The highest BCUT2D eigenvalue weighted by molar-refractivity contribution is 5.79. The van der Waals surface area contributed by atoms with Gasteiger partial charge in [-0.05, 0) is 38.6 Å². The summed E-state index contributed by atoms with van der Waals surface area (Å²) in [6, 6.07) is 0. The molecule has 0 radical (unpaired) electrons. The van der Waals surface area contributed by atoms with Gasteiger partial charge in [0, 0.05) is 13.2 Å². The molecule has 4 heteroatoms. The second-order valence-electron chi connectivity index (χ2n) is 4.95. The first kappa shape index (κ1) is 14.5. The molecule has 0 aromatic rings. The average Bonchev–Trinajstić information content (AvgIpc) is 2.72. The van der Waals surface area contributed by atoms with Crippen LogP contribution in [0.25, 0.3) is 0 Å². The van der Waals surface area contributed by atoms with Crippen LogP contribution in [0, 0.1) is 11.8 Å². The van der Waals surface area contributed by atoms with Gasteiger partial charge in [-0.25, -0.2) is 0 Å². The van der Waals surface area contributed by atoms with Gasteiger partial charge in [-0.2, -0.15) is 0 Å². The molecule has 3 atom stereocenters. The number of nitrogens with one attached hydrogen (secondary N) is 1. The van der Waals surface area contributed by atoms with Gasteiger partial charge in [0.25, 0.3) is 0 Å². The molecule has 0 saturated carbocycles. The molecule has 1 aliphatic heterocycles. The predicted octanol–water partition coefficient (Wildman–Crippen LogP) is 1.29. The lowest BCUT2D eigenvalue weighted by Gasteiger charge is -2.19. The van der Waals surface area contributed by atoms with Crippen molar-refractivity contribution in [2.75, 3.05) is 19.7 Å². The minimum atomic E-state index is 0.0372. The number of carbonyl (C=O) groups is 1. The summed E-state index contributed by atoms with van der Waals surface area (Å²) < 4.78 is 5.41. The lowest BCUT2D eigenvalue weighted by atomic mass is 9.98. The maximum Gasteiger partial charge on any atom is 0.225 e. The second-order valence-corrected chi connectivity index (χ2v) is 4.95. The number of amides is 1. The minimum Gasteiger partial charge on any atom is -0.378 e. The van der Waals surface area contributed by atoms with E-state index in [4.69, 9.17) is 10.5 Å². The van der Waals surface area contributed by atoms with Gasteiger partial charge in [0.1, 0.15) is 0 Å². The van der Waals surface area contributed by atoms with Gasteiger partial charge in [0.2, 0.25) is 5.91 Å². The van der Waals surface area contributed by atoms with E-state index in [0.29, 0.717) is 19.1 Å². The molecular formula is C13H26N2O2. The Labute approximate surface area is 104 Å². The number of carbonyl (C=O) groups excluding carboxylic acids is 1. The Kier molecular flexibility index (Phi) is 6.52. The van der Waals surface area contributed by atoms with Crippen LogP contribution in [0.2, 0.25) is 0 Å². The highest BCUT2D eigenvalue weighted by Gasteiger charge is 2.30. The van der Waals surface area contributed by atoms with Crippen LogP contribution in [0.15, 0.2) is 0 Å². The van der Waals surface area contributed by atoms with Crippen molar-refractivity contribution in [3.63, 3.8) is 0 Å². The summed E-state index contributed by atoms with van der Waals surface area (Å²) in [5.41, 5.74) is 5.58. The Morgan fingerprint density at radius 1 is 1.53 bits per heavy atom. The smallest absolute Gasteiger partial charge is 0.225 e. The average molecular weight is 242 g/mol. The molecule has 1 aliphatic rings. The number of hydrogen-bond donors (Lipinski definition) is 2. The molecule has 4 nitrogen and oxygen atoms in total. The van der Waals surface area contributed by atoms with Gasteiger partial charge >= 0.3 is 0 Å². The summed E-state index contributed by atoms with van der Waals surface area (Å²) in [4.78, 5) is 11.9. The van der Waals surface area contributed by atoms with Crippen molar-refractivity contribution in [2.45, 2.75) is 45.6 Å². The van der Waals surface area contributed by atoms with E-state index in [2.05, 4.69) is 12.2 Å². The maximum absolute atomic E-state index is 11.9. The van der Waals surface area contributed by atoms with Crippen molar-refractivity contribution in [2.24, 2.45) is 17.6 Å². The highest BCUT2D eigenvalue weighted by atomic mass is 16.5. The molecule has 1 amide bonds. The fraction of sp³-hybridized carbons (Fsp3) is 0.923. The van der Waals surface area contributed by atoms with Crippen LogP contribution in [0.1, 0.15) is 39.5 Å². The molecule has 17 heavy (non-hydrogen) atoms. The zero-order chi connectivity index (χ0) is 12.7. The zero-order valence-electron chi connectivity index (χ0n) is 11.1. The van der Waals surface area contributed by atoms with E-state index in [1.165, 1.54) is 0 Å². The van der Waals surface area contributed by atoms with E-state index in [0.717, 1.165) is 32.2 Å². The molecule has 3 unspecified atom stereocenters. The summed E-state index contributed by atoms with van der Waals surface area (Å²) in [7, 11) is 0. The number of hydrogen-bond acceptors (Lipinski definition) is 3. The van der Waals surface area contributed by atoms with E-state index in [1.807, 2.05) is 6.92 Å². The van der Waals surface area contributed by atoms with Crippen LogP contribution in [0.4, 0.5) is 0 Å². The van der Waals surface area contributed by atoms with E-state index in [1.54, 1.807) is 0 Å². The Hall–Kier alpha value is -0.610. The molecule has 3 N–H and O–H groups in total. The summed E-state index contributed by atoms with van der Waals surface area (Å²) in [6.07, 6.45) is 4.18. The Morgan fingerprint density at radius 2 is 2.29 bits per heavy atom. The lowest BCUT2D eigenvalue weighted by molar-refractivity contribution is -0.126. The molecule has 0 spiro atoms. The summed E-state index contributed by atoms with van der Waals surface area (Å²) >= 11 is 0. The van der Waals surface area contributed by atoms with Gasteiger partial charge in [-0.1, -0.05) is 13.3 Å². The third kappa shape index (κ3) is 4.64. The molecule has 1 fully saturated rings. The largest absolute Gasteiger partial charge is 0.378 e. The monoisotopic (exact) mass is 242 g/mol. The number of nitrogens with two attached hydrogens (primary N) is 1. The summed E-state index contributed by atoms with van der Waals surface area (Å²) in [5, 5.41) is 3.05. The molecule has 0 aromatic carbocycles. The van der Waals surface area contributed by atoms with Crippen molar-refractivity contribution in [1.29, 1.82) is 0 Å². The van der Waals surface area contributed by atoms with E-state index < -0.39 is 0 Å². The Balaban J connectivity index is 2.29. The van der Waals surface area contributed by atoms with Gasteiger partial charge in [-0.3, -0.25) is 4.79 Å². The van der Waals surface area contributed by atoms with Crippen LogP contribution in [0.5, 0.6) is 0 Å². The van der Waals surface area contributed by atoms with Crippen LogP contribution in [-0.4, -0.2) is 31.7 Å². The van der Waals surface area contributed by atoms with Crippen LogP contribution >= 0.6 is 0 Å². The molecule has 0 aliphatic carbocycles. The fourth-order valence-corrected chi connectivity index (χ4v) is 2.44. The maximum atomic E-state index is 11.9. The van der Waals surface area contributed by atoms with Crippen molar-refractivity contribution in [3.8, 4) is 0 Å². The van der Waals surface area contributed by atoms with E-state index in [9.17, 15) is 4.79 Å². The lowest BCUT2D eigenvalue weighted by Crippen LogP contribution is -2.37. The first-order valence-electron chi connectivity index (χ1n) is 6.78. The van der Waals surface area contributed by atoms with Crippen molar-refractivity contribution < 1.29 is 9.53 Å². The SMILES string of the molecule is CCCC(CCN)CNC(=O)C1CCOC1C. The normalized spacial score (nSPS) is 25.8. The van der Waals surface area contributed by atoms with Crippen molar-refractivity contribution in [3.05, 3.63) is 0 Å². The Bertz CT molecular complexity index is 227. The van der Waals surface area contributed by atoms with Gasteiger partial charge < -0.3 is 15.8 Å². The number of ether oxygens (including phenoxy) is 1.